The van der Waals surface area contributed by atoms with Gasteiger partial charge in [0, 0.05) is 43.3 Å². The number of hydrogen-bond acceptors (Lipinski definition) is 7. The third-order valence-corrected chi connectivity index (χ3v) is 13.8. The van der Waals surface area contributed by atoms with Crippen LogP contribution in [0.5, 0.6) is 0 Å². The Morgan fingerprint density at radius 2 is 1.35 bits per heavy atom. The Labute approximate surface area is 255 Å². The maximum atomic E-state index is 13.7. The lowest BCUT2D eigenvalue weighted by atomic mass is 9.77. The van der Waals surface area contributed by atoms with E-state index in [1.165, 1.54) is 9.87 Å². The van der Waals surface area contributed by atoms with Gasteiger partial charge in [-0.2, -0.15) is 4.31 Å². The number of hydrogen-bond donors (Lipinski definition) is 1. The topological polar surface area (TPSA) is 107 Å². The maximum Gasteiger partial charge on any atom is 0.243 e. The van der Waals surface area contributed by atoms with Crippen molar-refractivity contribution in [3.05, 3.63) is 83.4 Å². The zero-order chi connectivity index (χ0) is 30.6. The van der Waals surface area contributed by atoms with E-state index in [-0.39, 0.29) is 27.0 Å². The summed E-state index contributed by atoms with van der Waals surface area (Å²) in [6.07, 6.45) is 2.95. The fourth-order valence-corrected chi connectivity index (χ4v) is 10.0. The number of sulfonamides is 1. The van der Waals surface area contributed by atoms with Crippen molar-refractivity contribution >= 4 is 25.6 Å². The molecule has 2 fully saturated rings. The standard InChI is InChI=1S/C33H39N3O5S2/c1-23(24-7-5-4-6-8-24)35-17-19-36(20-18-35)43(40,41)27-10-12-29-28-11-9-26(21-30(28)32(34-37)31(29)22-27)42(38,39)25-13-15-33(2,3)16-14-25/h4-12,21-23,25,37H,13-20H2,1-3H3/b34-32-. The van der Waals surface area contributed by atoms with Gasteiger partial charge in [-0.3, -0.25) is 4.90 Å². The molecule has 43 heavy (non-hydrogen) atoms. The molecule has 1 atom stereocenters. The number of sulfone groups is 1. The van der Waals surface area contributed by atoms with Crippen LogP contribution >= 0.6 is 0 Å². The Balaban J connectivity index is 1.23. The Kier molecular flexibility index (Phi) is 7.77. The van der Waals surface area contributed by atoms with Crippen LogP contribution in [0, 0.1) is 5.41 Å². The number of fused-ring (bicyclic) bond motifs is 3. The highest BCUT2D eigenvalue weighted by molar-refractivity contribution is 7.92. The van der Waals surface area contributed by atoms with E-state index in [1.54, 1.807) is 36.4 Å². The summed E-state index contributed by atoms with van der Waals surface area (Å²) in [5, 5.41) is 13.1. The fourth-order valence-electron chi connectivity index (χ4n) is 6.80. The van der Waals surface area contributed by atoms with Gasteiger partial charge >= 0.3 is 0 Å². The largest absolute Gasteiger partial charge is 0.410 e. The van der Waals surface area contributed by atoms with E-state index >= 15 is 0 Å². The second-order valence-electron chi connectivity index (χ2n) is 12.8. The monoisotopic (exact) mass is 621 g/mol. The molecule has 2 aliphatic carbocycles. The number of benzene rings is 3. The molecule has 1 unspecified atom stereocenters. The molecule has 228 valence electrons. The third-order valence-electron chi connectivity index (χ3n) is 9.68. The van der Waals surface area contributed by atoms with Crippen molar-refractivity contribution in [2.45, 2.75) is 67.5 Å². The molecule has 1 N–H and O–H groups in total. The van der Waals surface area contributed by atoms with Crippen LogP contribution in [-0.2, 0) is 19.9 Å². The van der Waals surface area contributed by atoms with Crippen LogP contribution < -0.4 is 0 Å². The molecule has 0 spiro atoms. The molecule has 3 aromatic rings. The molecule has 1 heterocycles. The molecule has 1 saturated heterocycles. The van der Waals surface area contributed by atoms with Crippen LogP contribution in [0.15, 0.2) is 81.7 Å². The predicted octanol–water partition coefficient (Wildman–Crippen LogP) is 5.70. The lowest BCUT2D eigenvalue weighted by molar-refractivity contribution is 0.146. The van der Waals surface area contributed by atoms with Gasteiger partial charge in [-0.25, -0.2) is 16.8 Å². The molecule has 3 aromatic carbocycles. The summed E-state index contributed by atoms with van der Waals surface area (Å²) in [5.41, 5.74) is 3.94. The summed E-state index contributed by atoms with van der Waals surface area (Å²) in [7, 11) is -7.37. The highest BCUT2D eigenvalue weighted by atomic mass is 32.2. The van der Waals surface area contributed by atoms with E-state index in [9.17, 15) is 22.0 Å². The smallest absolute Gasteiger partial charge is 0.243 e. The Morgan fingerprint density at radius 3 is 1.93 bits per heavy atom. The molecule has 0 aromatic heterocycles. The van der Waals surface area contributed by atoms with Gasteiger partial charge in [-0.1, -0.05) is 61.5 Å². The zero-order valence-electron chi connectivity index (χ0n) is 24.9. The average Bonchev–Trinajstić information content (AvgIpc) is 3.33. The summed E-state index contributed by atoms with van der Waals surface area (Å²) >= 11 is 0. The number of nitrogens with zero attached hydrogens (tertiary/aromatic N) is 3. The van der Waals surface area contributed by atoms with Crippen LogP contribution in [0.1, 0.15) is 69.2 Å². The minimum Gasteiger partial charge on any atom is -0.410 e. The van der Waals surface area contributed by atoms with E-state index < -0.39 is 25.1 Å². The first-order valence-electron chi connectivity index (χ1n) is 15.0. The van der Waals surface area contributed by atoms with Crippen molar-refractivity contribution in [3.63, 3.8) is 0 Å². The lowest BCUT2D eigenvalue weighted by Crippen LogP contribution is -2.49. The SMILES string of the molecule is CC(c1ccccc1)N1CCN(S(=O)(=O)c2ccc3c(c2)/C(=N\O)c2cc(S(=O)(=O)C4CCC(C)(C)CC4)ccc2-3)CC1. The summed E-state index contributed by atoms with van der Waals surface area (Å²) in [6.45, 7) is 8.46. The second kappa shape index (κ2) is 11.1. The molecule has 6 rings (SSSR count). The first kappa shape index (κ1) is 30.0. The van der Waals surface area contributed by atoms with E-state index in [0.717, 1.165) is 18.4 Å². The van der Waals surface area contributed by atoms with Crippen LogP contribution in [-0.4, -0.2) is 68.4 Å². The van der Waals surface area contributed by atoms with Gasteiger partial charge in [-0.05, 0) is 79.0 Å². The maximum absolute atomic E-state index is 13.7. The van der Waals surface area contributed by atoms with Crippen molar-refractivity contribution < 1.29 is 22.0 Å². The molecule has 8 nitrogen and oxygen atoms in total. The van der Waals surface area contributed by atoms with Crippen LogP contribution in [0.3, 0.4) is 0 Å². The molecular formula is C33H39N3O5S2. The number of piperazine rings is 1. The zero-order valence-corrected chi connectivity index (χ0v) is 26.5. The minimum absolute atomic E-state index is 0.127. The normalized spacial score (nSPS) is 21.4. The molecule has 0 amide bonds. The third kappa shape index (κ3) is 5.43. The van der Waals surface area contributed by atoms with Gasteiger partial charge in [-0.15, -0.1) is 0 Å². The average molecular weight is 622 g/mol. The van der Waals surface area contributed by atoms with Gasteiger partial charge in [0.2, 0.25) is 10.0 Å². The van der Waals surface area contributed by atoms with Gasteiger partial charge < -0.3 is 5.21 Å². The molecular weight excluding hydrogens is 583 g/mol. The van der Waals surface area contributed by atoms with E-state index in [1.807, 2.05) is 18.2 Å². The van der Waals surface area contributed by atoms with Crippen molar-refractivity contribution in [3.8, 4) is 11.1 Å². The number of rotatable bonds is 6. The van der Waals surface area contributed by atoms with Crippen LogP contribution in [0.4, 0.5) is 0 Å². The quantitative estimate of drug-likeness (QED) is 0.219. The minimum atomic E-state index is -3.80. The van der Waals surface area contributed by atoms with Gasteiger partial charge in [0.25, 0.3) is 0 Å². The summed E-state index contributed by atoms with van der Waals surface area (Å²) < 4.78 is 56.1. The van der Waals surface area contributed by atoms with Crippen molar-refractivity contribution in [1.29, 1.82) is 0 Å². The Hall–Kier alpha value is -3.05. The first-order valence-corrected chi connectivity index (χ1v) is 18.0. The summed E-state index contributed by atoms with van der Waals surface area (Å²) in [6, 6.07) is 20.2. The molecule has 10 heteroatoms. The highest BCUT2D eigenvalue weighted by Crippen LogP contribution is 2.42. The second-order valence-corrected chi connectivity index (χ2v) is 17.0. The number of oxime groups is 1. The predicted molar refractivity (Wildman–Crippen MR) is 168 cm³/mol. The van der Waals surface area contributed by atoms with Gasteiger partial charge in [0.15, 0.2) is 9.84 Å². The van der Waals surface area contributed by atoms with Crippen molar-refractivity contribution in [2.24, 2.45) is 10.6 Å². The van der Waals surface area contributed by atoms with E-state index in [0.29, 0.717) is 55.7 Å². The van der Waals surface area contributed by atoms with Crippen LogP contribution in [0.2, 0.25) is 0 Å². The van der Waals surface area contributed by atoms with E-state index in [2.05, 4.69) is 43.0 Å². The van der Waals surface area contributed by atoms with E-state index in [4.69, 9.17) is 0 Å². The lowest BCUT2D eigenvalue weighted by Gasteiger charge is -2.37. The van der Waals surface area contributed by atoms with Crippen molar-refractivity contribution in [1.82, 2.24) is 9.21 Å². The van der Waals surface area contributed by atoms with Crippen LogP contribution in [0.25, 0.3) is 11.1 Å². The molecule has 1 aliphatic heterocycles. The molecule has 1 saturated carbocycles. The highest BCUT2D eigenvalue weighted by Gasteiger charge is 2.37. The Morgan fingerprint density at radius 1 is 0.791 bits per heavy atom. The first-order chi connectivity index (χ1) is 20.4. The van der Waals surface area contributed by atoms with Gasteiger partial charge in [0.1, 0.15) is 5.71 Å². The summed E-state index contributed by atoms with van der Waals surface area (Å²) in [5.74, 6) is 0. The van der Waals surface area contributed by atoms with Gasteiger partial charge in [0.05, 0.1) is 15.0 Å². The summed E-state index contributed by atoms with van der Waals surface area (Å²) in [4.78, 5) is 2.62. The molecule has 3 aliphatic rings. The molecule has 0 bridgehead atoms. The molecule has 0 radical (unpaired) electrons. The Bertz CT molecular complexity index is 1770. The van der Waals surface area contributed by atoms with Crippen molar-refractivity contribution in [2.75, 3.05) is 26.2 Å². The fraction of sp³-hybridized carbons (Fsp3) is 0.424.